The van der Waals surface area contributed by atoms with Gasteiger partial charge in [0.1, 0.15) is 0 Å². The Morgan fingerprint density at radius 1 is 1.33 bits per heavy atom. The van der Waals surface area contributed by atoms with E-state index in [-0.39, 0.29) is 0 Å². The van der Waals surface area contributed by atoms with Gasteiger partial charge >= 0.3 is 0 Å². The second kappa shape index (κ2) is 3.11. The van der Waals surface area contributed by atoms with Crippen molar-refractivity contribution in [3.05, 3.63) is 47.9 Å². The van der Waals surface area contributed by atoms with E-state index in [1.54, 1.807) is 11.3 Å². The summed E-state index contributed by atoms with van der Waals surface area (Å²) in [6.07, 6.45) is 2.92. The van der Waals surface area contributed by atoms with Crippen LogP contribution in [0.3, 0.4) is 0 Å². The summed E-state index contributed by atoms with van der Waals surface area (Å²) in [7, 11) is 0. The van der Waals surface area contributed by atoms with Crippen molar-refractivity contribution >= 4 is 21.4 Å². The molecule has 0 bridgehead atoms. The Morgan fingerprint density at radius 2 is 2.25 bits per heavy atom. The van der Waals surface area contributed by atoms with Crippen LogP contribution in [0.25, 0.3) is 10.1 Å². The Balaban J connectivity index is 2.65. The van der Waals surface area contributed by atoms with Crippen molar-refractivity contribution in [3.8, 4) is 0 Å². The zero-order valence-corrected chi connectivity index (χ0v) is 7.60. The van der Waals surface area contributed by atoms with Crippen LogP contribution >= 0.6 is 11.3 Å². The van der Waals surface area contributed by atoms with Gasteiger partial charge < -0.3 is 0 Å². The zero-order valence-electron chi connectivity index (χ0n) is 6.79. The van der Waals surface area contributed by atoms with Gasteiger partial charge in [-0.3, -0.25) is 0 Å². The van der Waals surface area contributed by atoms with E-state index < -0.39 is 0 Å². The molecule has 0 atom stereocenters. The second-order valence-corrected chi connectivity index (χ2v) is 3.67. The topological polar surface area (TPSA) is 0 Å². The lowest BCUT2D eigenvalue weighted by Gasteiger charge is -1.97. The molecular formula is C11H10S. The smallest absolute Gasteiger partial charge is 0.0377 e. The molecule has 1 aromatic heterocycles. The molecule has 12 heavy (non-hydrogen) atoms. The fraction of sp³-hybridized carbons (Fsp3) is 0.0909. The summed E-state index contributed by atoms with van der Waals surface area (Å²) in [5.74, 6) is 0. The summed E-state index contributed by atoms with van der Waals surface area (Å²) < 4.78 is 1.40. The third-order valence-electron chi connectivity index (χ3n) is 1.92. The number of thiophene rings is 1. The van der Waals surface area contributed by atoms with E-state index in [4.69, 9.17) is 0 Å². The number of hydrogen-bond donors (Lipinski definition) is 0. The van der Waals surface area contributed by atoms with Crippen LogP contribution in [0.5, 0.6) is 0 Å². The maximum atomic E-state index is 3.75. The molecule has 0 fully saturated rings. The first-order valence-corrected chi connectivity index (χ1v) is 4.86. The first-order valence-electron chi connectivity index (χ1n) is 3.98. The highest BCUT2D eigenvalue weighted by Crippen LogP contribution is 2.24. The average Bonchev–Trinajstić information content (AvgIpc) is 2.53. The summed E-state index contributed by atoms with van der Waals surface area (Å²) in [6, 6.07) is 8.58. The van der Waals surface area contributed by atoms with Gasteiger partial charge in [-0.25, -0.2) is 0 Å². The molecule has 2 aromatic rings. The van der Waals surface area contributed by atoms with E-state index in [0.717, 1.165) is 6.42 Å². The molecule has 0 unspecified atom stereocenters. The Labute approximate surface area is 76.2 Å². The highest BCUT2D eigenvalue weighted by molar-refractivity contribution is 7.17. The fourth-order valence-electron chi connectivity index (χ4n) is 1.37. The van der Waals surface area contributed by atoms with Crippen molar-refractivity contribution in [2.24, 2.45) is 0 Å². The van der Waals surface area contributed by atoms with E-state index in [0.29, 0.717) is 0 Å². The molecule has 0 nitrogen and oxygen atoms in total. The number of hydrogen-bond acceptors (Lipinski definition) is 1. The van der Waals surface area contributed by atoms with Crippen molar-refractivity contribution in [2.45, 2.75) is 6.42 Å². The SMILES string of the molecule is C=CCc1cccc2ccsc12. The molecule has 0 amide bonds. The molecule has 0 N–H and O–H groups in total. The van der Waals surface area contributed by atoms with E-state index in [1.165, 1.54) is 15.6 Å². The maximum absolute atomic E-state index is 3.75. The van der Waals surface area contributed by atoms with Crippen molar-refractivity contribution < 1.29 is 0 Å². The Morgan fingerprint density at radius 3 is 3.08 bits per heavy atom. The first kappa shape index (κ1) is 7.56. The van der Waals surface area contributed by atoms with Crippen molar-refractivity contribution in [2.75, 3.05) is 0 Å². The predicted octanol–water partition coefficient (Wildman–Crippen LogP) is 3.63. The van der Waals surface area contributed by atoms with Crippen LogP contribution in [-0.4, -0.2) is 0 Å². The summed E-state index contributed by atoms with van der Waals surface area (Å²) in [6.45, 7) is 3.75. The molecule has 0 saturated carbocycles. The van der Waals surface area contributed by atoms with Crippen molar-refractivity contribution in [1.82, 2.24) is 0 Å². The first-order chi connectivity index (χ1) is 5.92. The van der Waals surface area contributed by atoms with Gasteiger partial charge in [-0.1, -0.05) is 24.3 Å². The normalized spacial score (nSPS) is 10.3. The van der Waals surface area contributed by atoms with Crippen LogP contribution in [0, 0.1) is 0 Å². The third-order valence-corrected chi connectivity index (χ3v) is 2.93. The third kappa shape index (κ3) is 1.16. The lowest BCUT2D eigenvalue weighted by Crippen LogP contribution is -1.78. The summed E-state index contributed by atoms with van der Waals surface area (Å²) in [5, 5.41) is 3.48. The van der Waals surface area contributed by atoms with Crippen LogP contribution < -0.4 is 0 Å². The van der Waals surface area contributed by atoms with Gasteiger partial charge in [0.05, 0.1) is 0 Å². The average molecular weight is 174 g/mol. The van der Waals surface area contributed by atoms with Crippen LogP contribution in [0.2, 0.25) is 0 Å². The van der Waals surface area contributed by atoms with Crippen LogP contribution in [0.1, 0.15) is 5.56 Å². The van der Waals surface area contributed by atoms with E-state index in [1.807, 2.05) is 6.08 Å². The largest absolute Gasteiger partial charge is 0.144 e. The Hall–Kier alpha value is -1.08. The molecular weight excluding hydrogens is 164 g/mol. The molecule has 0 spiro atoms. The Kier molecular flexibility index (Phi) is 1.96. The minimum Gasteiger partial charge on any atom is -0.144 e. The summed E-state index contributed by atoms with van der Waals surface area (Å²) in [4.78, 5) is 0. The minimum absolute atomic E-state index is 0.970. The maximum Gasteiger partial charge on any atom is 0.0377 e. The van der Waals surface area contributed by atoms with E-state index in [2.05, 4.69) is 36.2 Å². The standard InChI is InChI=1S/C11H10S/c1-2-4-9-5-3-6-10-7-8-12-11(9)10/h2-3,5-8H,1,4H2. The van der Waals surface area contributed by atoms with Gasteiger partial charge in [0.15, 0.2) is 0 Å². The number of allylic oxidation sites excluding steroid dienone is 1. The minimum atomic E-state index is 0.970. The van der Waals surface area contributed by atoms with Crippen LogP contribution in [0.15, 0.2) is 42.3 Å². The van der Waals surface area contributed by atoms with Crippen molar-refractivity contribution in [3.63, 3.8) is 0 Å². The molecule has 0 saturated heterocycles. The van der Waals surface area contributed by atoms with Crippen molar-refractivity contribution in [1.29, 1.82) is 0 Å². The molecule has 0 radical (unpaired) electrons. The molecule has 2 rings (SSSR count). The number of benzene rings is 1. The fourth-order valence-corrected chi connectivity index (χ4v) is 2.30. The van der Waals surface area contributed by atoms with Crippen LogP contribution in [-0.2, 0) is 6.42 Å². The number of fused-ring (bicyclic) bond motifs is 1. The van der Waals surface area contributed by atoms with Gasteiger partial charge in [-0.15, -0.1) is 17.9 Å². The van der Waals surface area contributed by atoms with Gasteiger partial charge in [-0.05, 0) is 28.8 Å². The van der Waals surface area contributed by atoms with Gasteiger partial charge in [-0.2, -0.15) is 0 Å². The molecule has 1 heterocycles. The summed E-state index contributed by atoms with van der Waals surface area (Å²) in [5.41, 5.74) is 1.39. The lowest BCUT2D eigenvalue weighted by molar-refractivity contribution is 1.32. The van der Waals surface area contributed by atoms with Gasteiger partial charge in [0.2, 0.25) is 0 Å². The Bertz CT molecular complexity index is 398. The molecule has 0 aliphatic carbocycles. The quantitative estimate of drug-likeness (QED) is 0.610. The van der Waals surface area contributed by atoms with Gasteiger partial charge in [0, 0.05) is 4.70 Å². The second-order valence-electron chi connectivity index (χ2n) is 2.75. The molecule has 1 heteroatoms. The molecule has 1 aromatic carbocycles. The predicted molar refractivity (Wildman–Crippen MR) is 55.7 cm³/mol. The monoisotopic (exact) mass is 174 g/mol. The lowest BCUT2D eigenvalue weighted by atomic mass is 10.1. The molecule has 60 valence electrons. The van der Waals surface area contributed by atoms with E-state index >= 15 is 0 Å². The number of rotatable bonds is 2. The van der Waals surface area contributed by atoms with E-state index in [9.17, 15) is 0 Å². The van der Waals surface area contributed by atoms with Crippen LogP contribution in [0.4, 0.5) is 0 Å². The van der Waals surface area contributed by atoms with Gasteiger partial charge in [0.25, 0.3) is 0 Å². The highest BCUT2D eigenvalue weighted by atomic mass is 32.1. The summed E-state index contributed by atoms with van der Waals surface area (Å²) >= 11 is 1.81. The molecule has 0 aliphatic rings. The highest BCUT2D eigenvalue weighted by Gasteiger charge is 1.98. The molecule has 0 aliphatic heterocycles. The zero-order chi connectivity index (χ0) is 8.39.